The first kappa shape index (κ1) is 27.0. The van der Waals surface area contributed by atoms with Crippen molar-refractivity contribution < 1.29 is 28.5 Å². The van der Waals surface area contributed by atoms with E-state index in [1.807, 2.05) is 6.08 Å². The Morgan fingerprint density at radius 3 is 2.33 bits per heavy atom. The van der Waals surface area contributed by atoms with Crippen LogP contribution in [0, 0.1) is 0 Å². The van der Waals surface area contributed by atoms with Crippen molar-refractivity contribution >= 4 is 11.0 Å². The van der Waals surface area contributed by atoms with Crippen LogP contribution in [0.4, 0.5) is 0 Å². The molecule has 1 heterocycles. The minimum atomic E-state index is -0.340. The van der Waals surface area contributed by atoms with Gasteiger partial charge in [-0.05, 0) is 64.3 Å². The second kappa shape index (κ2) is 13.0. The molecule has 0 amide bonds. The van der Waals surface area contributed by atoms with E-state index >= 15 is 0 Å². The zero-order chi connectivity index (χ0) is 26.1. The maximum absolute atomic E-state index is 13.1. The van der Waals surface area contributed by atoms with E-state index in [9.17, 15) is 9.90 Å². The molecule has 0 saturated carbocycles. The Morgan fingerprint density at radius 1 is 0.972 bits per heavy atom. The van der Waals surface area contributed by atoms with Gasteiger partial charge in [0.25, 0.3) is 0 Å². The summed E-state index contributed by atoms with van der Waals surface area (Å²) < 4.78 is 27.2. The molecule has 0 aliphatic carbocycles. The summed E-state index contributed by atoms with van der Waals surface area (Å²) in [5, 5.41) is 11.2. The third-order valence-electron chi connectivity index (χ3n) is 5.62. The minimum absolute atomic E-state index is 0.00588. The lowest BCUT2D eigenvalue weighted by Crippen LogP contribution is -2.06. The number of phenols is 1. The number of fused-ring (bicyclic) bond motifs is 1. The van der Waals surface area contributed by atoms with Crippen LogP contribution in [0.3, 0.4) is 0 Å². The molecule has 1 N–H and O–H groups in total. The number of rotatable bonds is 12. The molecule has 7 nitrogen and oxygen atoms in total. The number of allylic oxidation sites excluding steroid dienone is 4. The van der Waals surface area contributed by atoms with E-state index in [1.54, 1.807) is 37.4 Å². The lowest BCUT2D eigenvalue weighted by Gasteiger charge is -2.14. The molecule has 0 spiro atoms. The molecule has 0 atom stereocenters. The SMILES string of the molecule is COCOc1ccc(-c2cc(=O)c3c(O)c(C/C=C(\C)CCC=C(C)C)c(OCOC)cc3o2)cc1. The van der Waals surface area contributed by atoms with Crippen LogP contribution in [-0.2, 0) is 15.9 Å². The van der Waals surface area contributed by atoms with Crippen molar-refractivity contribution in [2.45, 2.75) is 40.0 Å². The first-order chi connectivity index (χ1) is 17.3. The molecule has 36 heavy (non-hydrogen) atoms. The molecule has 1 aromatic heterocycles. The zero-order valence-electron chi connectivity index (χ0n) is 21.6. The maximum Gasteiger partial charge on any atom is 0.197 e. The van der Waals surface area contributed by atoms with E-state index in [1.165, 1.54) is 24.3 Å². The van der Waals surface area contributed by atoms with Crippen LogP contribution in [0.1, 0.15) is 39.2 Å². The second-order valence-corrected chi connectivity index (χ2v) is 8.75. The maximum atomic E-state index is 13.1. The fourth-order valence-corrected chi connectivity index (χ4v) is 3.72. The Kier molecular flexibility index (Phi) is 9.73. The summed E-state index contributed by atoms with van der Waals surface area (Å²) in [5.74, 6) is 1.26. The van der Waals surface area contributed by atoms with Gasteiger partial charge in [-0.2, -0.15) is 0 Å². The van der Waals surface area contributed by atoms with Gasteiger partial charge in [0.2, 0.25) is 0 Å². The van der Waals surface area contributed by atoms with Gasteiger partial charge in [-0.1, -0.05) is 23.3 Å². The fourth-order valence-electron chi connectivity index (χ4n) is 3.72. The molecule has 0 aliphatic heterocycles. The van der Waals surface area contributed by atoms with Gasteiger partial charge in [0.15, 0.2) is 19.0 Å². The summed E-state index contributed by atoms with van der Waals surface area (Å²) in [6.07, 6.45) is 6.51. The standard InChI is InChI=1S/C29H34O7/c1-19(2)7-6-8-20(3)9-14-23-26(35-18-33-5)16-27-28(29(23)31)24(30)15-25(36-27)21-10-12-22(13-11-21)34-17-32-4/h7,9-13,15-16,31H,6,8,14,17-18H2,1-5H3/b20-9+. The van der Waals surface area contributed by atoms with Crippen LogP contribution in [0.5, 0.6) is 17.2 Å². The number of ether oxygens (including phenoxy) is 4. The van der Waals surface area contributed by atoms with E-state index in [4.69, 9.17) is 23.4 Å². The van der Waals surface area contributed by atoms with Gasteiger partial charge >= 0.3 is 0 Å². The molecule has 7 heteroatoms. The largest absolute Gasteiger partial charge is 0.507 e. The van der Waals surface area contributed by atoms with Crippen molar-refractivity contribution in [3.8, 4) is 28.6 Å². The summed E-state index contributed by atoms with van der Waals surface area (Å²) >= 11 is 0. The Labute approximate surface area is 211 Å². The lowest BCUT2D eigenvalue weighted by molar-refractivity contribution is 0.0504. The quantitative estimate of drug-likeness (QED) is 0.231. The molecule has 2 aromatic carbocycles. The molecule has 0 fully saturated rings. The summed E-state index contributed by atoms with van der Waals surface area (Å²) in [5.41, 5.74) is 3.56. The van der Waals surface area contributed by atoms with Gasteiger partial charge in [0, 0.05) is 37.5 Å². The predicted octanol–water partition coefficient (Wildman–Crippen LogP) is 6.37. The summed E-state index contributed by atoms with van der Waals surface area (Å²) in [6, 6.07) is 10.1. The van der Waals surface area contributed by atoms with Crippen LogP contribution in [0.2, 0.25) is 0 Å². The fraction of sp³-hybridized carbons (Fsp3) is 0.345. The van der Waals surface area contributed by atoms with E-state index in [-0.39, 0.29) is 35.7 Å². The summed E-state index contributed by atoms with van der Waals surface area (Å²) in [7, 11) is 3.07. The van der Waals surface area contributed by atoms with Crippen LogP contribution in [-0.4, -0.2) is 32.9 Å². The third kappa shape index (κ3) is 6.99. The molecule has 0 radical (unpaired) electrons. The predicted molar refractivity (Wildman–Crippen MR) is 141 cm³/mol. The van der Waals surface area contributed by atoms with Crippen molar-refractivity contribution in [3.63, 3.8) is 0 Å². The highest BCUT2D eigenvalue weighted by Gasteiger charge is 2.19. The van der Waals surface area contributed by atoms with E-state index < -0.39 is 0 Å². The number of phenolic OH excluding ortho intramolecular Hbond substituents is 1. The molecule has 0 saturated heterocycles. The minimum Gasteiger partial charge on any atom is -0.507 e. The van der Waals surface area contributed by atoms with Crippen molar-refractivity contribution in [1.29, 1.82) is 0 Å². The molecule has 0 bridgehead atoms. The highest BCUT2D eigenvalue weighted by molar-refractivity contribution is 5.88. The first-order valence-corrected chi connectivity index (χ1v) is 11.8. The average Bonchev–Trinajstić information content (AvgIpc) is 2.85. The van der Waals surface area contributed by atoms with E-state index in [2.05, 4.69) is 26.8 Å². The molecule has 0 unspecified atom stereocenters. The third-order valence-corrected chi connectivity index (χ3v) is 5.62. The summed E-state index contributed by atoms with van der Waals surface area (Å²) in [4.78, 5) is 13.1. The molecule has 0 aliphatic rings. The van der Waals surface area contributed by atoms with Crippen molar-refractivity contribution in [2.24, 2.45) is 0 Å². The number of benzene rings is 2. The normalized spacial score (nSPS) is 11.5. The Hall–Kier alpha value is -3.55. The highest BCUT2D eigenvalue weighted by Crippen LogP contribution is 2.37. The van der Waals surface area contributed by atoms with Crippen molar-refractivity contribution in [2.75, 3.05) is 27.8 Å². The van der Waals surface area contributed by atoms with E-state index in [0.717, 1.165) is 12.8 Å². The molecular weight excluding hydrogens is 460 g/mol. The topological polar surface area (TPSA) is 87.4 Å². The number of methoxy groups -OCH3 is 2. The Bertz CT molecular complexity index is 1280. The van der Waals surface area contributed by atoms with Gasteiger partial charge in [0.1, 0.15) is 34.0 Å². The van der Waals surface area contributed by atoms with Gasteiger partial charge in [-0.25, -0.2) is 0 Å². The smallest absolute Gasteiger partial charge is 0.197 e. The molecule has 3 aromatic rings. The van der Waals surface area contributed by atoms with Gasteiger partial charge in [-0.15, -0.1) is 0 Å². The molecular formula is C29H34O7. The van der Waals surface area contributed by atoms with E-state index in [0.29, 0.717) is 34.8 Å². The van der Waals surface area contributed by atoms with Gasteiger partial charge in [-0.3, -0.25) is 4.79 Å². The Balaban J connectivity index is 1.98. The van der Waals surface area contributed by atoms with Crippen LogP contribution in [0.25, 0.3) is 22.3 Å². The number of hydrogen-bond acceptors (Lipinski definition) is 7. The first-order valence-electron chi connectivity index (χ1n) is 11.8. The van der Waals surface area contributed by atoms with Crippen LogP contribution < -0.4 is 14.9 Å². The number of hydrogen-bond donors (Lipinski definition) is 1. The monoisotopic (exact) mass is 494 g/mol. The highest BCUT2D eigenvalue weighted by atomic mass is 16.7. The molecule has 3 rings (SSSR count). The van der Waals surface area contributed by atoms with Gasteiger partial charge in [0.05, 0.1) is 0 Å². The number of aromatic hydroxyl groups is 1. The lowest BCUT2D eigenvalue weighted by atomic mass is 10.0. The average molecular weight is 495 g/mol. The second-order valence-electron chi connectivity index (χ2n) is 8.75. The van der Waals surface area contributed by atoms with Crippen LogP contribution >= 0.6 is 0 Å². The van der Waals surface area contributed by atoms with Crippen LogP contribution in [0.15, 0.2) is 68.9 Å². The van der Waals surface area contributed by atoms with Gasteiger partial charge < -0.3 is 28.5 Å². The zero-order valence-corrected chi connectivity index (χ0v) is 21.6. The Morgan fingerprint density at radius 2 is 1.67 bits per heavy atom. The van der Waals surface area contributed by atoms with Crippen molar-refractivity contribution in [3.05, 3.63) is 75.5 Å². The molecule has 192 valence electrons. The summed E-state index contributed by atoms with van der Waals surface area (Å²) in [6.45, 7) is 6.34. The van der Waals surface area contributed by atoms with Crippen molar-refractivity contribution in [1.82, 2.24) is 0 Å².